The quantitative estimate of drug-likeness (QED) is 0.0239. The van der Waals surface area contributed by atoms with E-state index in [1.807, 2.05) is 13.8 Å². The van der Waals surface area contributed by atoms with E-state index in [4.69, 9.17) is 17.2 Å². The smallest absolute Gasteiger partial charge is 0.245 e. The molecule has 7 amide bonds. The summed E-state index contributed by atoms with van der Waals surface area (Å²) >= 11 is 0. The third-order valence-electron chi connectivity index (χ3n) is 9.48. The van der Waals surface area contributed by atoms with Crippen LogP contribution in [0.2, 0.25) is 0 Å². The van der Waals surface area contributed by atoms with E-state index in [0.717, 1.165) is 5.56 Å². The van der Waals surface area contributed by atoms with E-state index < -0.39 is 84.7 Å². The zero-order valence-corrected chi connectivity index (χ0v) is 35.7. The van der Waals surface area contributed by atoms with Crippen molar-refractivity contribution in [3.05, 3.63) is 108 Å². The third-order valence-corrected chi connectivity index (χ3v) is 9.48. The number of hydrogen-bond acceptors (Lipinski definition) is 10. The van der Waals surface area contributed by atoms with E-state index in [1.54, 1.807) is 91.0 Å². The number of nitrogens with zero attached hydrogens (tertiary/aromatic N) is 1. The fourth-order valence-electron chi connectivity index (χ4n) is 6.10. The summed E-state index contributed by atoms with van der Waals surface area (Å²) in [5, 5.41) is 28.7. The number of guanidine groups is 1. The average Bonchev–Trinajstić information content (AvgIpc) is 3.27. The lowest BCUT2D eigenvalue weighted by atomic mass is 10.0. The van der Waals surface area contributed by atoms with Crippen molar-refractivity contribution in [1.82, 2.24) is 37.2 Å². The fourth-order valence-corrected chi connectivity index (χ4v) is 6.10. The van der Waals surface area contributed by atoms with E-state index in [9.17, 15) is 38.7 Å². The predicted molar refractivity (Wildman–Crippen MR) is 237 cm³/mol. The zero-order chi connectivity index (χ0) is 46.1. The molecule has 3 aromatic rings. The Labute approximate surface area is 367 Å². The summed E-state index contributed by atoms with van der Waals surface area (Å²) in [6.45, 7) is 3.06. The molecule has 340 valence electrons. The molecule has 19 nitrogen and oxygen atoms in total. The van der Waals surface area contributed by atoms with Gasteiger partial charge in [-0.05, 0) is 35.4 Å². The van der Waals surface area contributed by atoms with Crippen LogP contribution in [-0.4, -0.2) is 115 Å². The second-order valence-electron chi connectivity index (χ2n) is 15.2. The molecule has 0 heterocycles. The van der Waals surface area contributed by atoms with Crippen molar-refractivity contribution in [3.63, 3.8) is 0 Å². The highest BCUT2D eigenvalue weighted by Gasteiger charge is 2.32. The molecule has 0 saturated carbocycles. The minimum absolute atomic E-state index is 0.0136. The van der Waals surface area contributed by atoms with Gasteiger partial charge in [0.15, 0.2) is 5.96 Å². The number of aliphatic hydroxyl groups is 1. The van der Waals surface area contributed by atoms with Crippen molar-refractivity contribution >= 4 is 47.3 Å². The lowest BCUT2D eigenvalue weighted by Crippen LogP contribution is -2.60. The van der Waals surface area contributed by atoms with Gasteiger partial charge in [-0.15, -0.1) is 0 Å². The maximum absolute atomic E-state index is 14.2. The number of carbonyl (C=O) groups excluding carboxylic acids is 7. The lowest BCUT2D eigenvalue weighted by Gasteiger charge is -2.27. The van der Waals surface area contributed by atoms with Crippen molar-refractivity contribution in [2.45, 2.75) is 76.2 Å². The van der Waals surface area contributed by atoms with Gasteiger partial charge in [-0.1, -0.05) is 105 Å². The van der Waals surface area contributed by atoms with Crippen LogP contribution in [0.1, 0.15) is 43.4 Å². The van der Waals surface area contributed by atoms with Gasteiger partial charge >= 0.3 is 0 Å². The Balaban J connectivity index is 1.85. The Morgan fingerprint density at radius 1 is 0.571 bits per heavy atom. The van der Waals surface area contributed by atoms with E-state index in [0.29, 0.717) is 24.1 Å². The molecule has 3 aromatic carbocycles. The van der Waals surface area contributed by atoms with E-state index in [2.05, 4.69) is 42.2 Å². The molecule has 0 aliphatic heterocycles. The summed E-state index contributed by atoms with van der Waals surface area (Å²) in [4.78, 5) is 96.8. The highest BCUT2D eigenvalue weighted by Crippen LogP contribution is 2.09. The van der Waals surface area contributed by atoms with Crippen LogP contribution in [0.15, 0.2) is 96.0 Å². The summed E-state index contributed by atoms with van der Waals surface area (Å²) in [5.74, 6) is -4.86. The molecule has 0 radical (unpaired) electrons. The van der Waals surface area contributed by atoms with Crippen molar-refractivity contribution < 1.29 is 38.7 Å². The summed E-state index contributed by atoms with van der Waals surface area (Å²) < 4.78 is 0. The molecule has 0 aromatic heterocycles. The van der Waals surface area contributed by atoms with Crippen LogP contribution < -0.4 is 54.4 Å². The number of carbonyl (C=O) groups is 7. The van der Waals surface area contributed by atoms with Crippen LogP contribution in [-0.2, 0) is 52.8 Å². The minimum atomic E-state index is -1.60. The van der Waals surface area contributed by atoms with Gasteiger partial charge in [-0.25, -0.2) is 0 Å². The van der Waals surface area contributed by atoms with Crippen LogP contribution in [0.4, 0.5) is 0 Å². The average molecular weight is 872 g/mol. The zero-order valence-electron chi connectivity index (χ0n) is 35.7. The Morgan fingerprint density at radius 2 is 1.00 bits per heavy atom. The number of nitrogens with two attached hydrogens (primary N) is 3. The number of amides is 7. The standard InChI is InChI=1S/C44H61N11O8/c1-28(2)25-50-44(47)48-20-12-19-32(40(60)53-33(39(46)59)21-29-13-6-3-7-14-29)52-42(62)35(23-31-17-10-5-11-18-31)54-43(63)36(27-56)55-41(61)34(22-30-15-8-4-9-16-30)51-38(58)26-49-37(57)24-45/h3-11,13-18,28,32-36,56H,12,19-27,45H2,1-2H3,(H2,46,59)(H,49,57)(H,51,58)(H,52,62)(H,53,60)(H,54,63)(H,55,61)(H3,47,48,50)/t32-,33-,34-,35-,36-/m0/s1. The summed E-state index contributed by atoms with van der Waals surface area (Å²) in [7, 11) is 0. The SMILES string of the molecule is CC(C)CN=C(N)NCCC[C@H](NC(=O)[C@H](Cc1ccccc1)NC(=O)[C@H](CO)NC(=O)[C@H](Cc1ccccc1)NC(=O)CNC(=O)CN)C(=O)N[C@@H](Cc1ccccc1)C(N)=O. The molecule has 0 saturated heterocycles. The molecule has 63 heavy (non-hydrogen) atoms. The number of nitrogens with one attached hydrogen (secondary N) is 7. The Hall–Kier alpha value is -6.86. The van der Waals surface area contributed by atoms with Crippen molar-refractivity contribution in [3.8, 4) is 0 Å². The van der Waals surface area contributed by atoms with E-state index in [1.165, 1.54) is 0 Å². The van der Waals surface area contributed by atoms with Crippen molar-refractivity contribution in [2.24, 2.45) is 28.1 Å². The Kier molecular flexibility index (Phi) is 21.8. The van der Waals surface area contributed by atoms with Crippen molar-refractivity contribution in [2.75, 3.05) is 32.8 Å². The topological polar surface area (TPSA) is 314 Å². The summed E-state index contributed by atoms with van der Waals surface area (Å²) in [6, 6.07) is 19.8. The van der Waals surface area contributed by atoms with Crippen LogP contribution in [0.25, 0.3) is 0 Å². The molecule has 14 N–H and O–H groups in total. The minimum Gasteiger partial charge on any atom is -0.394 e. The molecular formula is C44H61N11O8. The van der Waals surface area contributed by atoms with Gasteiger partial charge in [0.05, 0.1) is 19.7 Å². The second kappa shape index (κ2) is 27.2. The lowest BCUT2D eigenvalue weighted by molar-refractivity contribution is -0.135. The monoisotopic (exact) mass is 871 g/mol. The molecule has 19 heteroatoms. The number of aliphatic imine (C=N–C) groups is 1. The number of aliphatic hydroxyl groups excluding tert-OH is 1. The Morgan fingerprint density at radius 3 is 1.48 bits per heavy atom. The van der Waals surface area contributed by atoms with E-state index >= 15 is 0 Å². The highest BCUT2D eigenvalue weighted by atomic mass is 16.3. The first-order valence-corrected chi connectivity index (χ1v) is 20.7. The number of benzene rings is 3. The summed E-state index contributed by atoms with van der Waals surface area (Å²) in [5.41, 5.74) is 19.0. The molecule has 3 rings (SSSR count). The highest BCUT2D eigenvalue weighted by molar-refractivity contribution is 5.97. The van der Waals surface area contributed by atoms with Gasteiger partial charge in [-0.3, -0.25) is 38.6 Å². The number of rotatable bonds is 26. The van der Waals surface area contributed by atoms with Gasteiger partial charge in [0, 0.05) is 32.4 Å². The van der Waals surface area contributed by atoms with Gasteiger partial charge in [0.1, 0.15) is 30.2 Å². The molecular weight excluding hydrogens is 811 g/mol. The fraction of sp³-hybridized carbons (Fsp3) is 0.409. The van der Waals surface area contributed by atoms with Gasteiger partial charge in [0.25, 0.3) is 0 Å². The van der Waals surface area contributed by atoms with Crippen LogP contribution in [0, 0.1) is 5.92 Å². The molecule has 0 spiro atoms. The van der Waals surface area contributed by atoms with Crippen LogP contribution in [0.5, 0.6) is 0 Å². The second-order valence-corrected chi connectivity index (χ2v) is 15.2. The van der Waals surface area contributed by atoms with Gasteiger partial charge < -0.3 is 59.5 Å². The van der Waals surface area contributed by atoms with Crippen molar-refractivity contribution in [1.29, 1.82) is 0 Å². The molecule has 0 bridgehead atoms. The van der Waals surface area contributed by atoms with Crippen LogP contribution in [0.3, 0.4) is 0 Å². The number of primary amides is 1. The maximum Gasteiger partial charge on any atom is 0.245 e. The van der Waals surface area contributed by atoms with E-state index in [-0.39, 0.29) is 50.7 Å². The normalized spacial score (nSPS) is 13.6. The molecule has 0 unspecified atom stereocenters. The third kappa shape index (κ3) is 19.2. The first-order valence-electron chi connectivity index (χ1n) is 20.7. The van der Waals surface area contributed by atoms with Gasteiger partial charge in [-0.2, -0.15) is 0 Å². The summed E-state index contributed by atoms with van der Waals surface area (Å²) in [6.07, 6.45) is 0.382. The Bertz CT molecular complexity index is 1970. The largest absolute Gasteiger partial charge is 0.394 e. The molecule has 5 atom stereocenters. The van der Waals surface area contributed by atoms with Gasteiger partial charge in [0.2, 0.25) is 41.4 Å². The van der Waals surface area contributed by atoms with Crippen LogP contribution >= 0.6 is 0 Å². The molecule has 0 aliphatic rings. The maximum atomic E-state index is 14.2. The number of hydrogen-bond donors (Lipinski definition) is 11. The predicted octanol–water partition coefficient (Wildman–Crippen LogP) is -1.97. The molecule has 0 fully saturated rings. The molecule has 0 aliphatic carbocycles. The first-order chi connectivity index (χ1) is 30.2. The first kappa shape index (κ1) is 50.5.